The predicted octanol–water partition coefficient (Wildman–Crippen LogP) is 4.08. The molecule has 0 spiro atoms. The van der Waals surface area contributed by atoms with Crippen LogP contribution in [-0.2, 0) is 0 Å². The molecule has 2 aliphatic rings. The van der Waals surface area contributed by atoms with Crippen molar-refractivity contribution >= 4 is 0 Å². The molecule has 0 amide bonds. The van der Waals surface area contributed by atoms with Crippen LogP contribution in [0.3, 0.4) is 0 Å². The first kappa shape index (κ1) is 18.6. The van der Waals surface area contributed by atoms with Crippen molar-refractivity contribution in [2.24, 2.45) is 0 Å². The summed E-state index contributed by atoms with van der Waals surface area (Å²) in [4.78, 5) is 2.48. The molecule has 1 N–H and O–H groups in total. The number of β-amino-alcohol motifs (C(OH)–C–C–N with tert-alkyl or cyclic N) is 1. The van der Waals surface area contributed by atoms with E-state index in [0.29, 0.717) is 18.5 Å². The van der Waals surface area contributed by atoms with Crippen molar-refractivity contribution in [1.29, 1.82) is 0 Å². The molecule has 2 heterocycles. The molecule has 146 valence electrons. The van der Waals surface area contributed by atoms with Gasteiger partial charge in [-0.2, -0.15) is 0 Å². The first-order valence-electron chi connectivity index (χ1n) is 10.6. The highest BCUT2D eigenvalue weighted by Gasteiger charge is 2.37. The first-order chi connectivity index (χ1) is 13.3. The number of hydrogen-bond donors (Lipinski definition) is 1. The van der Waals surface area contributed by atoms with Gasteiger partial charge in [0, 0.05) is 24.7 Å². The highest BCUT2D eigenvalue weighted by Crippen LogP contribution is 2.40. The lowest BCUT2D eigenvalue weighted by molar-refractivity contribution is -0.0102. The molecular formula is C22H32N4O. The number of rotatable bonds is 8. The van der Waals surface area contributed by atoms with Gasteiger partial charge in [0.1, 0.15) is 0 Å². The van der Waals surface area contributed by atoms with Crippen LogP contribution in [0.2, 0.25) is 0 Å². The van der Waals surface area contributed by atoms with Crippen LogP contribution in [0.15, 0.2) is 36.5 Å². The standard InChI is InChI=1S/C22H32N4O/c1-2-3-4-8-13-25-16-22(27)21(14-20(25)18-9-6-5-7-10-18)26-15-19(23-24-26)17-11-12-17/h5-7,9-10,15,17,20-22,27H,2-4,8,11-14,16H2,1H3/t20-,21-,22-/m1/s1. The number of aromatic nitrogens is 3. The van der Waals surface area contributed by atoms with E-state index in [9.17, 15) is 5.11 Å². The maximum Gasteiger partial charge on any atom is 0.0892 e. The second kappa shape index (κ2) is 8.53. The Morgan fingerprint density at radius 1 is 1.11 bits per heavy atom. The van der Waals surface area contributed by atoms with Crippen molar-refractivity contribution in [2.45, 2.75) is 76.0 Å². The summed E-state index contributed by atoms with van der Waals surface area (Å²) in [6.45, 7) is 4.00. The summed E-state index contributed by atoms with van der Waals surface area (Å²) in [5, 5.41) is 19.6. The van der Waals surface area contributed by atoms with Gasteiger partial charge in [-0.05, 0) is 37.8 Å². The second-order valence-corrected chi connectivity index (χ2v) is 8.25. The highest BCUT2D eigenvalue weighted by atomic mass is 16.3. The van der Waals surface area contributed by atoms with E-state index in [-0.39, 0.29) is 6.04 Å². The third-order valence-electron chi connectivity index (χ3n) is 6.12. The van der Waals surface area contributed by atoms with Gasteiger partial charge in [-0.3, -0.25) is 4.90 Å². The quantitative estimate of drug-likeness (QED) is 0.713. The van der Waals surface area contributed by atoms with Crippen molar-refractivity contribution in [3.8, 4) is 0 Å². The second-order valence-electron chi connectivity index (χ2n) is 8.25. The van der Waals surface area contributed by atoms with Crippen LogP contribution >= 0.6 is 0 Å². The molecule has 3 atom stereocenters. The minimum atomic E-state index is -0.398. The van der Waals surface area contributed by atoms with E-state index in [2.05, 4.69) is 58.7 Å². The van der Waals surface area contributed by atoms with Crippen LogP contribution in [0, 0.1) is 0 Å². The molecule has 1 saturated carbocycles. The van der Waals surface area contributed by atoms with Crippen molar-refractivity contribution < 1.29 is 5.11 Å². The van der Waals surface area contributed by atoms with Gasteiger partial charge in [-0.15, -0.1) is 5.10 Å². The van der Waals surface area contributed by atoms with Crippen molar-refractivity contribution in [2.75, 3.05) is 13.1 Å². The molecule has 0 bridgehead atoms. The number of unbranched alkanes of at least 4 members (excludes halogenated alkanes) is 3. The average molecular weight is 369 g/mol. The number of hydrogen-bond acceptors (Lipinski definition) is 4. The molecule has 1 saturated heterocycles. The molecule has 0 radical (unpaired) electrons. The SMILES string of the molecule is CCCCCCN1C[C@@H](O)[C@H](n2cc(C3CC3)nn2)C[C@@H]1c1ccccc1. The van der Waals surface area contributed by atoms with Gasteiger partial charge in [0.15, 0.2) is 0 Å². The zero-order valence-electron chi connectivity index (χ0n) is 16.4. The number of benzene rings is 1. The van der Waals surface area contributed by atoms with E-state index >= 15 is 0 Å². The van der Waals surface area contributed by atoms with E-state index in [1.165, 1.54) is 44.1 Å². The minimum Gasteiger partial charge on any atom is -0.390 e. The number of aliphatic hydroxyl groups is 1. The lowest BCUT2D eigenvalue weighted by Gasteiger charge is -2.42. The van der Waals surface area contributed by atoms with E-state index < -0.39 is 6.10 Å². The largest absolute Gasteiger partial charge is 0.390 e. The summed E-state index contributed by atoms with van der Waals surface area (Å²) in [6.07, 6.45) is 10.0. The fourth-order valence-corrected chi connectivity index (χ4v) is 4.34. The Morgan fingerprint density at radius 3 is 2.67 bits per heavy atom. The normalized spacial score (nSPS) is 26.4. The summed E-state index contributed by atoms with van der Waals surface area (Å²) in [7, 11) is 0. The fourth-order valence-electron chi connectivity index (χ4n) is 4.34. The van der Waals surface area contributed by atoms with Crippen LogP contribution in [0.25, 0.3) is 0 Å². The van der Waals surface area contributed by atoms with Gasteiger partial charge in [0.25, 0.3) is 0 Å². The average Bonchev–Trinajstić information content (AvgIpc) is 3.43. The molecule has 5 heteroatoms. The van der Waals surface area contributed by atoms with Gasteiger partial charge in [0.05, 0.1) is 17.8 Å². The molecule has 27 heavy (non-hydrogen) atoms. The highest BCUT2D eigenvalue weighted by molar-refractivity contribution is 5.20. The van der Waals surface area contributed by atoms with E-state index in [4.69, 9.17) is 0 Å². The van der Waals surface area contributed by atoms with Gasteiger partial charge >= 0.3 is 0 Å². The molecule has 4 rings (SSSR count). The van der Waals surface area contributed by atoms with Crippen LogP contribution in [-0.4, -0.2) is 44.2 Å². The van der Waals surface area contributed by atoms with Crippen LogP contribution in [0.1, 0.15) is 81.1 Å². The molecular weight excluding hydrogens is 336 g/mol. The Kier molecular flexibility index (Phi) is 5.89. The minimum absolute atomic E-state index is 0.00194. The van der Waals surface area contributed by atoms with E-state index in [1.807, 2.05) is 4.68 Å². The van der Waals surface area contributed by atoms with Crippen LogP contribution in [0.5, 0.6) is 0 Å². The Bertz CT molecular complexity index is 712. The summed E-state index contributed by atoms with van der Waals surface area (Å²) in [6, 6.07) is 11.1. The van der Waals surface area contributed by atoms with Crippen LogP contribution in [0.4, 0.5) is 0 Å². The number of nitrogens with zero attached hydrogens (tertiary/aromatic N) is 4. The monoisotopic (exact) mass is 368 g/mol. The van der Waals surface area contributed by atoms with E-state index in [0.717, 1.165) is 18.7 Å². The third-order valence-corrected chi connectivity index (χ3v) is 6.12. The molecule has 1 aliphatic carbocycles. The van der Waals surface area contributed by atoms with Gasteiger partial charge < -0.3 is 5.11 Å². The van der Waals surface area contributed by atoms with E-state index in [1.54, 1.807) is 0 Å². The van der Waals surface area contributed by atoms with Crippen molar-refractivity contribution in [3.63, 3.8) is 0 Å². The number of aliphatic hydroxyl groups excluding tert-OH is 1. The Morgan fingerprint density at radius 2 is 1.93 bits per heavy atom. The smallest absolute Gasteiger partial charge is 0.0892 e. The van der Waals surface area contributed by atoms with Gasteiger partial charge in [-0.25, -0.2) is 4.68 Å². The molecule has 1 aliphatic heterocycles. The maximum absolute atomic E-state index is 10.9. The summed E-state index contributed by atoms with van der Waals surface area (Å²) >= 11 is 0. The zero-order chi connectivity index (χ0) is 18.6. The van der Waals surface area contributed by atoms with Crippen molar-refractivity contribution in [3.05, 3.63) is 47.8 Å². The topological polar surface area (TPSA) is 54.2 Å². The summed E-state index contributed by atoms with van der Waals surface area (Å²) in [5.74, 6) is 0.597. The van der Waals surface area contributed by atoms with Gasteiger partial charge in [0.2, 0.25) is 0 Å². The molecule has 0 unspecified atom stereocenters. The number of likely N-dealkylation sites (tertiary alicyclic amines) is 1. The molecule has 1 aromatic carbocycles. The first-order valence-corrected chi connectivity index (χ1v) is 10.6. The predicted molar refractivity (Wildman–Crippen MR) is 107 cm³/mol. The molecule has 2 aromatic rings. The number of piperidine rings is 1. The van der Waals surface area contributed by atoms with Crippen LogP contribution < -0.4 is 0 Å². The van der Waals surface area contributed by atoms with Gasteiger partial charge in [-0.1, -0.05) is 61.7 Å². The molecule has 5 nitrogen and oxygen atoms in total. The Hall–Kier alpha value is -1.72. The van der Waals surface area contributed by atoms with Crippen molar-refractivity contribution in [1.82, 2.24) is 19.9 Å². The lowest BCUT2D eigenvalue weighted by Crippen LogP contribution is -2.46. The summed E-state index contributed by atoms with van der Waals surface area (Å²) < 4.78 is 1.93. The Labute approximate surface area is 162 Å². The third kappa shape index (κ3) is 4.41. The molecule has 1 aromatic heterocycles. The summed E-state index contributed by atoms with van der Waals surface area (Å²) in [5.41, 5.74) is 2.44. The maximum atomic E-state index is 10.9. The fraction of sp³-hybridized carbons (Fsp3) is 0.636. The Balaban J connectivity index is 1.50. The lowest BCUT2D eigenvalue weighted by atomic mass is 9.89. The zero-order valence-corrected chi connectivity index (χ0v) is 16.4. The molecule has 2 fully saturated rings.